The maximum absolute atomic E-state index is 11.6. The molecule has 0 aromatic heterocycles. The Kier molecular flexibility index (Phi) is 4.69. The molecule has 0 aliphatic heterocycles. The van der Waals surface area contributed by atoms with Gasteiger partial charge in [-0.2, -0.15) is 0 Å². The zero-order valence-corrected chi connectivity index (χ0v) is 10.3. The highest BCUT2D eigenvalue weighted by Gasteiger charge is 2.13. The van der Waals surface area contributed by atoms with Crippen LogP contribution in [0.3, 0.4) is 0 Å². The number of carbonyl (C=O) groups is 2. The van der Waals surface area contributed by atoms with Crippen molar-refractivity contribution < 1.29 is 19.1 Å². The normalized spacial score (nSPS) is 9.82. The number of carbonyl (C=O) groups excluding carboxylic acids is 2. The molecule has 92 valence electrons. The summed E-state index contributed by atoms with van der Waals surface area (Å²) in [4.78, 5) is 23.2. The third kappa shape index (κ3) is 3.31. The lowest BCUT2D eigenvalue weighted by Gasteiger charge is -2.07. The Hall–Kier alpha value is -1.84. The van der Waals surface area contributed by atoms with Crippen LogP contribution in [0.5, 0.6) is 5.75 Å². The molecule has 0 fully saturated rings. The second-order valence-electron chi connectivity index (χ2n) is 3.45. The highest BCUT2D eigenvalue weighted by Crippen LogP contribution is 2.19. The molecule has 1 rings (SSSR count). The van der Waals surface area contributed by atoms with Crippen LogP contribution in [0.25, 0.3) is 0 Å². The molecule has 4 heteroatoms. The van der Waals surface area contributed by atoms with Gasteiger partial charge in [0, 0.05) is 12.0 Å². The number of Topliss-reactive ketones (excluding diaryl/α,β-unsaturated/α-hetero) is 1. The lowest BCUT2D eigenvalue weighted by Crippen LogP contribution is -2.07. The van der Waals surface area contributed by atoms with E-state index in [-0.39, 0.29) is 5.78 Å². The van der Waals surface area contributed by atoms with Gasteiger partial charge in [0.15, 0.2) is 5.78 Å². The van der Waals surface area contributed by atoms with Crippen LogP contribution in [0.1, 0.15) is 41.0 Å². The molecule has 0 amide bonds. The number of rotatable bonds is 5. The summed E-state index contributed by atoms with van der Waals surface area (Å²) < 4.78 is 9.95. The first kappa shape index (κ1) is 13.2. The van der Waals surface area contributed by atoms with Crippen LogP contribution in [0.2, 0.25) is 0 Å². The van der Waals surface area contributed by atoms with E-state index in [2.05, 4.69) is 0 Å². The molecule has 17 heavy (non-hydrogen) atoms. The standard InChI is InChI=1S/C13H16O4/c1-4-12(14)9-6-10(13(15)17-5-2)8-11(7-9)16-3/h6-8H,4-5H2,1-3H3. The lowest BCUT2D eigenvalue weighted by molar-refractivity contribution is 0.0526. The highest BCUT2D eigenvalue weighted by atomic mass is 16.5. The van der Waals surface area contributed by atoms with Gasteiger partial charge in [0.25, 0.3) is 0 Å². The average Bonchev–Trinajstić information content (AvgIpc) is 2.37. The lowest BCUT2D eigenvalue weighted by atomic mass is 10.0. The van der Waals surface area contributed by atoms with E-state index in [4.69, 9.17) is 9.47 Å². The first-order valence-electron chi connectivity index (χ1n) is 5.51. The van der Waals surface area contributed by atoms with Crippen LogP contribution in [-0.2, 0) is 4.74 Å². The fraction of sp³-hybridized carbons (Fsp3) is 0.385. The maximum atomic E-state index is 11.6. The monoisotopic (exact) mass is 236 g/mol. The van der Waals surface area contributed by atoms with Gasteiger partial charge in [0.05, 0.1) is 19.3 Å². The Morgan fingerprint density at radius 1 is 1.12 bits per heavy atom. The van der Waals surface area contributed by atoms with Crippen molar-refractivity contribution in [2.45, 2.75) is 20.3 Å². The zero-order chi connectivity index (χ0) is 12.8. The molecule has 4 nitrogen and oxygen atoms in total. The smallest absolute Gasteiger partial charge is 0.338 e. The summed E-state index contributed by atoms with van der Waals surface area (Å²) in [5.74, 6) is -0.00152. The zero-order valence-electron chi connectivity index (χ0n) is 10.3. The van der Waals surface area contributed by atoms with Crippen LogP contribution < -0.4 is 4.74 Å². The SMILES string of the molecule is CCOC(=O)c1cc(OC)cc(C(=O)CC)c1. The van der Waals surface area contributed by atoms with E-state index in [1.807, 2.05) is 0 Å². The molecule has 0 atom stereocenters. The Bertz CT molecular complexity index is 423. The largest absolute Gasteiger partial charge is 0.497 e. The number of benzene rings is 1. The van der Waals surface area contributed by atoms with Gasteiger partial charge in [-0.25, -0.2) is 4.79 Å². The Morgan fingerprint density at radius 3 is 2.29 bits per heavy atom. The quantitative estimate of drug-likeness (QED) is 0.582. The maximum Gasteiger partial charge on any atom is 0.338 e. The Balaban J connectivity index is 3.13. The van der Waals surface area contributed by atoms with Gasteiger partial charge in [-0.15, -0.1) is 0 Å². The van der Waals surface area contributed by atoms with E-state index >= 15 is 0 Å². The molecule has 0 unspecified atom stereocenters. The van der Waals surface area contributed by atoms with Gasteiger partial charge in [-0.3, -0.25) is 4.79 Å². The van der Waals surface area contributed by atoms with E-state index in [1.54, 1.807) is 26.0 Å². The van der Waals surface area contributed by atoms with E-state index in [0.717, 1.165) is 0 Å². The number of methoxy groups -OCH3 is 1. The van der Waals surface area contributed by atoms with Crippen LogP contribution in [0.15, 0.2) is 18.2 Å². The molecule has 0 spiro atoms. The first-order valence-corrected chi connectivity index (χ1v) is 5.51. The molecule has 1 aromatic rings. The second kappa shape index (κ2) is 6.03. The third-order valence-electron chi connectivity index (χ3n) is 2.30. The summed E-state index contributed by atoms with van der Waals surface area (Å²) in [6, 6.07) is 4.71. The fourth-order valence-electron chi connectivity index (χ4n) is 1.41. The minimum absolute atomic E-state index is 0.0329. The van der Waals surface area contributed by atoms with Crippen molar-refractivity contribution in [2.75, 3.05) is 13.7 Å². The van der Waals surface area contributed by atoms with E-state index in [0.29, 0.717) is 29.9 Å². The van der Waals surface area contributed by atoms with Crippen molar-refractivity contribution in [2.24, 2.45) is 0 Å². The predicted octanol–water partition coefficient (Wildman–Crippen LogP) is 2.46. The topological polar surface area (TPSA) is 52.6 Å². The van der Waals surface area contributed by atoms with Crippen molar-refractivity contribution in [3.8, 4) is 5.75 Å². The van der Waals surface area contributed by atoms with Crippen LogP contribution in [-0.4, -0.2) is 25.5 Å². The Labute approximate surface area is 101 Å². The molecular weight excluding hydrogens is 220 g/mol. The predicted molar refractivity (Wildman–Crippen MR) is 63.6 cm³/mol. The summed E-state index contributed by atoms with van der Waals surface area (Å²) in [6.45, 7) is 3.80. The third-order valence-corrected chi connectivity index (χ3v) is 2.30. The van der Waals surface area contributed by atoms with Gasteiger partial charge >= 0.3 is 5.97 Å². The molecule has 0 aliphatic carbocycles. The van der Waals surface area contributed by atoms with Gasteiger partial charge in [-0.1, -0.05) is 6.92 Å². The van der Waals surface area contributed by atoms with Crippen molar-refractivity contribution in [3.63, 3.8) is 0 Å². The summed E-state index contributed by atoms with van der Waals surface area (Å²) in [5, 5.41) is 0. The summed E-state index contributed by atoms with van der Waals surface area (Å²) >= 11 is 0. The molecule has 0 saturated heterocycles. The number of hydrogen-bond donors (Lipinski definition) is 0. The van der Waals surface area contributed by atoms with Crippen molar-refractivity contribution in [1.29, 1.82) is 0 Å². The summed E-state index contributed by atoms with van der Waals surface area (Å²) in [7, 11) is 1.49. The Morgan fingerprint density at radius 2 is 1.76 bits per heavy atom. The van der Waals surface area contributed by atoms with Crippen LogP contribution in [0.4, 0.5) is 0 Å². The first-order chi connectivity index (χ1) is 8.12. The van der Waals surface area contributed by atoms with Crippen LogP contribution >= 0.6 is 0 Å². The van der Waals surface area contributed by atoms with Gasteiger partial charge in [0.1, 0.15) is 5.75 Å². The fourth-order valence-corrected chi connectivity index (χ4v) is 1.41. The highest BCUT2D eigenvalue weighted by molar-refractivity contribution is 5.99. The number of ether oxygens (including phenoxy) is 2. The van der Waals surface area contributed by atoms with Gasteiger partial charge in [0.2, 0.25) is 0 Å². The number of esters is 1. The van der Waals surface area contributed by atoms with E-state index in [9.17, 15) is 9.59 Å². The summed E-state index contributed by atoms with van der Waals surface area (Å²) in [6.07, 6.45) is 0.384. The molecule has 0 heterocycles. The van der Waals surface area contributed by atoms with Gasteiger partial charge in [-0.05, 0) is 25.1 Å². The van der Waals surface area contributed by atoms with Gasteiger partial charge < -0.3 is 9.47 Å². The van der Waals surface area contributed by atoms with Crippen LogP contribution in [0, 0.1) is 0 Å². The number of hydrogen-bond acceptors (Lipinski definition) is 4. The molecule has 0 N–H and O–H groups in total. The molecule has 0 aliphatic rings. The molecule has 0 bridgehead atoms. The molecule has 0 saturated carbocycles. The minimum Gasteiger partial charge on any atom is -0.497 e. The second-order valence-corrected chi connectivity index (χ2v) is 3.45. The summed E-state index contributed by atoms with van der Waals surface area (Å²) in [5.41, 5.74) is 0.804. The number of ketones is 1. The molecular formula is C13H16O4. The molecule has 0 radical (unpaired) electrons. The minimum atomic E-state index is -0.448. The molecule has 1 aromatic carbocycles. The average molecular weight is 236 g/mol. The van der Waals surface area contributed by atoms with Crippen molar-refractivity contribution in [3.05, 3.63) is 29.3 Å². The van der Waals surface area contributed by atoms with Crippen molar-refractivity contribution in [1.82, 2.24) is 0 Å². The van der Waals surface area contributed by atoms with E-state index < -0.39 is 5.97 Å². The van der Waals surface area contributed by atoms with Crippen molar-refractivity contribution >= 4 is 11.8 Å². The van der Waals surface area contributed by atoms with E-state index in [1.165, 1.54) is 13.2 Å².